The second-order valence-electron chi connectivity index (χ2n) is 3.81. The molecular formula is C10H17F3NO4-. The van der Waals surface area contributed by atoms with Gasteiger partial charge in [0.1, 0.15) is 6.10 Å². The molecule has 0 aliphatic carbocycles. The van der Waals surface area contributed by atoms with Gasteiger partial charge in [-0.2, -0.15) is 13.2 Å². The summed E-state index contributed by atoms with van der Waals surface area (Å²) in [5, 5.41) is 0. The minimum Gasteiger partial charge on any atom is -0.672 e. The highest BCUT2D eigenvalue weighted by Crippen LogP contribution is 2.18. The average molecular weight is 272 g/mol. The number of hydrogen-bond acceptors (Lipinski definition) is 4. The third-order valence-corrected chi connectivity index (χ3v) is 2.08. The highest BCUT2D eigenvalue weighted by Gasteiger charge is 2.42. The van der Waals surface area contributed by atoms with Crippen molar-refractivity contribution in [2.24, 2.45) is 0 Å². The van der Waals surface area contributed by atoms with Crippen LogP contribution in [0.4, 0.5) is 13.2 Å². The molecule has 0 aliphatic rings. The number of carbonyl (C=O) groups is 1. The normalized spacial score (nSPS) is 17.1. The Hall–Kier alpha value is -0.860. The summed E-state index contributed by atoms with van der Waals surface area (Å²) in [4.78, 5) is 10.6. The maximum atomic E-state index is 12.0. The highest BCUT2D eigenvalue weighted by molar-refractivity contribution is 5.75. The monoisotopic (exact) mass is 272 g/mol. The predicted molar refractivity (Wildman–Crippen MR) is 57.0 cm³/mol. The molecule has 108 valence electrons. The van der Waals surface area contributed by atoms with Crippen LogP contribution in [0.25, 0.3) is 5.73 Å². The van der Waals surface area contributed by atoms with Gasteiger partial charge in [0.05, 0.1) is 19.3 Å². The Morgan fingerprint density at radius 2 is 1.83 bits per heavy atom. The molecule has 3 unspecified atom stereocenters. The van der Waals surface area contributed by atoms with Crippen molar-refractivity contribution in [2.75, 3.05) is 20.3 Å². The maximum Gasteiger partial charge on any atom is 0.490 e. The Balaban J connectivity index is 4.20. The van der Waals surface area contributed by atoms with Gasteiger partial charge in [0.15, 0.2) is 0 Å². The summed E-state index contributed by atoms with van der Waals surface area (Å²) in [5.41, 5.74) is 7.31. The summed E-state index contributed by atoms with van der Waals surface area (Å²) in [7, 11) is 1.46. The molecule has 18 heavy (non-hydrogen) atoms. The highest BCUT2D eigenvalue weighted by atomic mass is 19.4. The number of halogens is 3. The van der Waals surface area contributed by atoms with Gasteiger partial charge in [-0.25, -0.2) is 4.79 Å². The van der Waals surface area contributed by atoms with Gasteiger partial charge in [-0.3, -0.25) is 0 Å². The SMILES string of the molecule is COC(C)COCC(OC(=O)C(F)(F)F)C(C)[NH-]. The number of ether oxygens (including phenoxy) is 3. The van der Waals surface area contributed by atoms with Gasteiger partial charge in [-0.15, -0.1) is 6.04 Å². The summed E-state index contributed by atoms with van der Waals surface area (Å²) in [5.74, 6) is -2.31. The summed E-state index contributed by atoms with van der Waals surface area (Å²) in [6, 6.07) is -1.02. The lowest BCUT2D eigenvalue weighted by Gasteiger charge is -2.27. The fourth-order valence-corrected chi connectivity index (χ4v) is 0.903. The number of esters is 1. The molecule has 0 aromatic carbocycles. The third kappa shape index (κ3) is 6.77. The number of nitrogens with one attached hydrogen (secondary N) is 1. The van der Waals surface area contributed by atoms with E-state index in [0.29, 0.717) is 0 Å². The van der Waals surface area contributed by atoms with Crippen molar-refractivity contribution in [2.45, 2.75) is 38.3 Å². The Morgan fingerprint density at radius 1 is 1.28 bits per heavy atom. The summed E-state index contributed by atoms with van der Waals surface area (Å²) >= 11 is 0. The number of alkyl halides is 3. The molecule has 0 saturated carbocycles. The van der Waals surface area contributed by atoms with Gasteiger partial charge >= 0.3 is 12.1 Å². The van der Waals surface area contributed by atoms with E-state index in [1.54, 1.807) is 6.92 Å². The zero-order valence-electron chi connectivity index (χ0n) is 10.4. The molecule has 0 saturated heterocycles. The van der Waals surface area contributed by atoms with Gasteiger partial charge in [0, 0.05) is 7.11 Å². The first kappa shape index (κ1) is 17.1. The van der Waals surface area contributed by atoms with E-state index < -0.39 is 24.3 Å². The van der Waals surface area contributed by atoms with Crippen LogP contribution in [0.2, 0.25) is 0 Å². The quantitative estimate of drug-likeness (QED) is 0.664. The van der Waals surface area contributed by atoms with Crippen molar-refractivity contribution in [3.8, 4) is 0 Å². The smallest absolute Gasteiger partial charge is 0.490 e. The Bertz CT molecular complexity index is 258. The fraction of sp³-hybridized carbons (Fsp3) is 0.900. The van der Waals surface area contributed by atoms with Crippen LogP contribution in [0.5, 0.6) is 0 Å². The molecule has 0 aromatic heterocycles. The topological polar surface area (TPSA) is 68.6 Å². The maximum absolute atomic E-state index is 12.0. The largest absolute Gasteiger partial charge is 0.672 e. The van der Waals surface area contributed by atoms with Crippen molar-refractivity contribution < 1.29 is 32.2 Å². The first-order valence-corrected chi connectivity index (χ1v) is 5.28. The van der Waals surface area contributed by atoms with Crippen molar-refractivity contribution >= 4 is 5.97 Å². The lowest BCUT2D eigenvalue weighted by atomic mass is 10.2. The van der Waals surface area contributed by atoms with Crippen LogP contribution in [-0.4, -0.2) is 50.7 Å². The van der Waals surface area contributed by atoms with Crippen molar-refractivity contribution in [1.82, 2.24) is 0 Å². The van der Waals surface area contributed by atoms with Crippen LogP contribution in [0.15, 0.2) is 0 Å². The van der Waals surface area contributed by atoms with Crippen LogP contribution >= 0.6 is 0 Å². The molecule has 0 fully saturated rings. The Labute approximate surface area is 103 Å². The third-order valence-electron chi connectivity index (χ3n) is 2.08. The predicted octanol–water partition coefficient (Wildman–Crippen LogP) is 1.95. The van der Waals surface area contributed by atoms with E-state index in [4.69, 9.17) is 15.2 Å². The van der Waals surface area contributed by atoms with E-state index in [0.717, 1.165) is 0 Å². The number of rotatable bonds is 7. The minimum atomic E-state index is -5.06. The van der Waals surface area contributed by atoms with Crippen molar-refractivity contribution in [3.63, 3.8) is 0 Å². The Morgan fingerprint density at radius 3 is 2.22 bits per heavy atom. The zero-order chi connectivity index (χ0) is 14.3. The van der Waals surface area contributed by atoms with Crippen LogP contribution in [0, 0.1) is 0 Å². The second kappa shape index (κ2) is 7.55. The Kier molecular flexibility index (Phi) is 7.19. The van der Waals surface area contributed by atoms with Crippen molar-refractivity contribution in [1.29, 1.82) is 0 Å². The molecule has 0 heterocycles. The summed E-state index contributed by atoms with van der Waals surface area (Å²) < 4.78 is 50.0. The lowest BCUT2D eigenvalue weighted by molar-refractivity contribution is -0.207. The molecule has 0 aliphatic heterocycles. The van der Waals surface area contributed by atoms with E-state index in [1.807, 2.05) is 0 Å². The van der Waals surface area contributed by atoms with E-state index in [9.17, 15) is 18.0 Å². The van der Waals surface area contributed by atoms with Gasteiger partial charge < -0.3 is 19.9 Å². The summed E-state index contributed by atoms with van der Waals surface area (Å²) in [6.07, 6.45) is -6.55. The average Bonchev–Trinajstić information content (AvgIpc) is 2.25. The van der Waals surface area contributed by atoms with Crippen LogP contribution in [-0.2, 0) is 19.0 Å². The standard InChI is InChI=1S/C10H17F3NO4/c1-6(16-3)4-17-5-8(7(2)14)18-9(15)10(11,12)13/h6-8,14H,4-5H2,1-3H3/q-1. The zero-order valence-corrected chi connectivity index (χ0v) is 10.4. The van der Waals surface area contributed by atoms with Gasteiger partial charge in [0.25, 0.3) is 0 Å². The number of methoxy groups -OCH3 is 1. The van der Waals surface area contributed by atoms with Crippen LogP contribution < -0.4 is 0 Å². The molecule has 0 bridgehead atoms. The van der Waals surface area contributed by atoms with E-state index in [1.165, 1.54) is 14.0 Å². The summed E-state index contributed by atoms with van der Waals surface area (Å²) in [6.45, 7) is 2.89. The molecule has 0 rings (SSSR count). The molecule has 1 N–H and O–H groups in total. The lowest BCUT2D eigenvalue weighted by Crippen LogP contribution is -2.37. The second-order valence-corrected chi connectivity index (χ2v) is 3.81. The fourth-order valence-electron chi connectivity index (χ4n) is 0.903. The van der Waals surface area contributed by atoms with E-state index in [-0.39, 0.29) is 19.3 Å². The molecule has 0 aromatic rings. The molecule has 8 heteroatoms. The minimum absolute atomic E-state index is 0.142. The first-order chi connectivity index (χ1) is 8.18. The molecular weight excluding hydrogens is 255 g/mol. The molecule has 3 atom stereocenters. The van der Waals surface area contributed by atoms with Crippen LogP contribution in [0.1, 0.15) is 13.8 Å². The molecule has 0 radical (unpaired) electrons. The molecule has 0 spiro atoms. The van der Waals surface area contributed by atoms with Gasteiger partial charge in [-0.05, 0) is 6.92 Å². The van der Waals surface area contributed by atoms with Crippen molar-refractivity contribution in [3.05, 3.63) is 5.73 Å². The van der Waals surface area contributed by atoms with Gasteiger partial charge in [-0.1, -0.05) is 6.92 Å². The van der Waals surface area contributed by atoms with E-state index in [2.05, 4.69) is 4.74 Å². The number of carbonyl (C=O) groups excluding carboxylic acids is 1. The molecule has 0 amide bonds. The van der Waals surface area contributed by atoms with Gasteiger partial charge in [0.2, 0.25) is 0 Å². The van der Waals surface area contributed by atoms with E-state index >= 15 is 0 Å². The van der Waals surface area contributed by atoms with Crippen LogP contribution in [0.3, 0.4) is 0 Å². The number of hydrogen-bond donors (Lipinski definition) is 0. The first-order valence-electron chi connectivity index (χ1n) is 5.28. The molecule has 5 nitrogen and oxygen atoms in total.